The SMILES string of the molecule is Cc1ccc2nc(NC(=O)C3C4CCC(C4)C3N)sc2c1. The fraction of sp³-hybridized carbons (Fsp3) is 0.500. The third-order valence-corrected chi connectivity index (χ3v) is 5.99. The lowest BCUT2D eigenvalue weighted by Crippen LogP contribution is -2.42. The number of rotatable bonds is 2. The third-order valence-electron chi connectivity index (χ3n) is 5.06. The summed E-state index contributed by atoms with van der Waals surface area (Å²) in [5.74, 6) is 1.05. The van der Waals surface area contributed by atoms with E-state index >= 15 is 0 Å². The molecule has 3 N–H and O–H groups in total. The number of fused-ring (bicyclic) bond motifs is 3. The van der Waals surface area contributed by atoms with Gasteiger partial charge in [-0.2, -0.15) is 0 Å². The molecule has 2 aromatic rings. The topological polar surface area (TPSA) is 68.0 Å². The maximum Gasteiger partial charge on any atom is 0.231 e. The number of thiazole rings is 1. The molecule has 1 heterocycles. The van der Waals surface area contributed by atoms with Crippen molar-refractivity contribution >= 4 is 32.6 Å². The first-order valence-electron chi connectivity index (χ1n) is 7.55. The monoisotopic (exact) mass is 301 g/mol. The number of aromatic nitrogens is 1. The molecule has 1 aromatic carbocycles. The minimum atomic E-state index is -0.0301. The summed E-state index contributed by atoms with van der Waals surface area (Å²) in [5, 5.41) is 3.69. The molecule has 0 spiro atoms. The molecule has 5 heteroatoms. The van der Waals surface area contributed by atoms with Gasteiger partial charge in [0.1, 0.15) is 0 Å². The molecule has 1 aromatic heterocycles. The van der Waals surface area contributed by atoms with Crippen molar-refractivity contribution in [2.45, 2.75) is 32.2 Å². The van der Waals surface area contributed by atoms with Crippen LogP contribution in [0.4, 0.5) is 5.13 Å². The van der Waals surface area contributed by atoms with Gasteiger partial charge in [-0.1, -0.05) is 17.4 Å². The van der Waals surface area contributed by atoms with E-state index in [-0.39, 0.29) is 17.9 Å². The van der Waals surface area contributed by atoms with Crippen molar-refractivity contribution in [2.75, 3.05) is 5.32 Å². The van der Waals surface area contributed by atoms with Crippen LogP contribution in [0.2, 0.25) is 0 Å². The number of amides is 1. The molecule has 0 saturated heterocycles. The molecule has 2 saturated carbocycles. The molecule has 110 valence electrons. The highest BCUT2D eigenvalue weighted by molar-refractivity contribution is 7.22. The van der Waals surface area contributed by atoms with E-state index in [0.29, 0.717) is 17.0 Å². The van der Waals surface area contributed by atoms with Crippen LogP contribution < -0.4 is 11.1 Å². The van der Waals surface area contributed by atoms with Gasteiger partial charge in [-0.15, -0.1) is 0 Å². The Morgan fingerprint density at radius 3 is 2.95 bits per heavy atom. The number of carbonyl (C=O) groups excluding carboxylic acids is 1. The molecule has 4 unspecified atom stereocenters. The summed E-state index contributed by atoms with van der Waals surface area (Å²) in [6.45, 7) is 2.06. The fourth-order valence-corrected chi connectivity index (χ4v) is 4.97. The minimum Gasteiger partial charge on any atom is -0.327 e. The van der Waals surface area contributed by atoms with E-state index in [1.165, 1.54) is 23.3 Å². The second-order valence-corrected chi connectivity index (χ2v) is 7.45. The van der Waals surface area contributed by atoms with E-state index in [1.807, 2.05) is 12.1 Å². The summed E-state index contributed by atoms with van der Waals surface area (Å²) in [4.78, 5) is 17.0. The molecule has 1 amide bonds. The Morgan fingerprint density at radius 1 is 1.38 bits per heavy atom. The number of carbonyl (C=O) groups is 1. The smallest absolute Gasteiger partial charge is 0.231 e. The Balaban J connectivity index is 1.55. The number of hydrogen-bond donors (Lipinski definition) is 2. The zero-order valence-corrected chi connectivity index (χ0v) is 12.8. The van der Waals surface area contributed by atoms with Gasteiger partial charge in [0.15, 0.2) is 5.13 Å². The molecule has 2 aliphatic rings. The van der Waals surface area contributed by atoms with Gasteiger partial charge in [0.05, 0.1) is 16.1 Å². The van der Waals surface area contributed by atoms with Crippen molar-refractivity contribution in [3.05, 3.63) is 23.8 Å². The molecule has 2 aliphatic carbocycles. The van der Waals surface area contributed by atoms with Crippen molar-refractivity contribution in [3.8, 4) is 0 Å². The molecule has 0 aliphatic heterocycles. The first kappa shape index (κ1) is 13.2. The van der Waals surface area contributed by atoms with Gasteiger partial charge in [-0.25, -0.2) is 4.98 Å². The number of anilines is 1. The lowest BCUT2D eigenvalue weighted by molar-refractivity contribution is -0.121. The Morgan fingerprint density at radius 2 is 2.19 bits per heavy atom. The van der Waals surface area contributed by atoms with Gasteiger partial charge >= 0.3 is 0 Å². The average molecular weight is 301 g/mol. The largest absolute Gasteiger partial charge is 0.327 e. The summed E-state index contributed by atoms with van der Waals surface area (Å²) in [6, 6.07) is 6.17. The first-order valence-corrected chi connectivity index (χ1v) is 8.37. The first-order chi connectivity index (χ1) is 10.1. The van der Waals surface area contributed by atoms with Gasteiger partial charge in [0.2, 0.25) is 5.91 Å². The van der Waals surface area contributed by atoms with Crippen molar-refractivity contribution in [2.24, 2.45) is 23.5 Å². The maximum atomic E-state index is 12.5. The predicted molar refractivity (Wildman–Crippen MR) is 85.3 cm³/mol. The van der Waals surface area contributed by atoms with Gasteiger partial charge < -0.3 is 11.1 Å². The highest BCUT2D eigenvalue weighted by Crippen LogP contribution is 2.48. The molecule has 4 nitrogen and oxygen atoms in total. The molecule has 4 rings (SSSR count). The van der Waals surface area contributed by atoms with E-state index in [0.717, 1.165) is 23.1 Å². The number of nitrogens with two attached hydrogens (primary N) is 1. The average Bonchev–Trinajstić information content (AvgIpc) is 3.11. The van der Waals surface area contributed by atoms with E-state index < -0.39 is 0 Å². The van der Waals surface area contributed by atoms with Crippen molar-refractivity contribution in [3.63, 3.8) is 0 Å². The summed E-state index contributed by atoms with van der Waals surface area (Å²) < 4.78 is 1.11. The van der Waals surface area contributed by atoms with Crippen LogP contribution in [0, 0.1) is 24.7 Å². The lowest BCUT2D eigenvalue weighted by Gasteiger charge is -2.26. The Bertz CT molecular complexity index is 709. The van der Waals surface area contributed by atoms with E-state index in [9.17, 15) is 4.79 Å². The standard InChI is InChI=1S/C16H19N3OS/c1-8-2-5-11-12(6-8)21-16(18-11)19-15(20)13-9-3-4-10(7-9)14(13)17/h2,5-6,9-10,13-14H,3-4,7,17H2,1H3,(H,18,19,20). The maximum absolute atomic E-state index is 12.5. The number of nitrogens with zero attached hydrogens (tertiary/aromatic N) is 1. The molecule has 2 bridgehead atoms. The quantitative estimate of drug-likeness (QED) is 0.896. The van der Waals surface area contributed by atoms with Crippen LogP contribution in [0.5, 0.6) is 0 Å². The summed E-state index contributed by atoms with van der Waals surface area (Å²) in [6.07, 6.45) is 3.46. The zero-order valence-electron chi connectivity index (χ0n) is 12.0. The van der Waals surface area contributed by atoms with Crippen LogP contribution in [0.25, 0.3) is 10.2 Å². The fourth-order valence-electron chi connectivity index (χ4n) is 4.00. The Hall–Kier alpha value is -1.46. The summed E-state index contributed by atoms with van der Waals surface area (Å²) >= 11 is 1.54. The van der Waals surface area contributed by atoms with Crippen LogP contribution in [-0.2, 0) is 4.79 Å². The molecular formula is C16H19N3OS. The Labute approximate surface area is 127 Å². The number of hydrogen-bond acceptors (Lipinski definition) is 4. The number of aryl methyl sites for hydroxylation is 1. The molecule has 0 radical (unpaired) electrons. The number of benzene rings is 1. The van der Waals surface area contributed by atoms with E-state index in [1.54, 1.807) is 0 Å². The van der Waals surface area contributed by atoms with Crippen LogP contribution in [0.1, 0.15) is 24.8 Å². The van der Waals surface area contributed by atoms with Crippen LogP contribution in [-0.4, -0.2) is 16.9 Å². The van der Waals surface area contributed by atoms with Crippen molar-refractivity contribution < 1.29 is 4.79 Å². The third kappa shape index (κ3) is 2.15. The predicted octanol–water partition coefficient (Wildman–Crippen LogP) is 2.92. The summed E-state index contributed by atoms with van der Waals surface area (Å²) in [7, 11) is 0. The van der Waals surface area contributed by atoms with Gasteiger partial charge in [0, 0.05) is 6.04 Å². The highest BCUT2D eigenvalue weighted by Gasteiger charge is 2.49. The normalized spacial score (nSPS) is 31.0. The number of nitrogens with one attached hydrogen (secondary N) is 1. The Kier molecular flexibility index (Phi) is 3.01. The zero-order chi connectivity index (χ0) is 14.6. The van der Waals surface area contributed by atoms with E-state index in [2.05, 4.69) is 23.3 Å². The van der Waals surface area contributed by atoms with Gasteiger partial charge in [-0.05, 0) is 55.7 Å². The van der Waals surface area contributed by atoms with Crippen molar-refractivity contribution in [1.82, 2.24) is 4.98 Å². The van der Waals surface area contributed by atoms with Crippen LogP contribution >= 0.6 is 11.3 Å². The molecule has 4 atom stereocenters. The molecular weight excluding hydrogens is 282 g/mol. The van der Waals surface area contributed by atoms with Gasteiger partial charge in [-0.3, -0.25) is 4.79 Å². The van der Waals surface area contributed by atoms with Crippen LogP contribution in [0.15, 0.2) is 18.2 Å². The molecule has 2 fully saturated rings. The van der Waals surface area contributed by atoms with Crippen LogP contribution in [0.3, 0.4) is 0 Å². The molecule has 21 heavy (non-hydrogen) atoms. The lowest BCUT2D eigenvalue weighted by atomic mass is 9.84. The van der Waals surface area contributed by atoms with Crippen molar-refractivity contribution in [1.29, 1.82) is 0 Å². The summed E-state index contributed by atoms with van der Waals surface area (Å²) in [5.41, 5.74) is 8.39. The minimum absolute atomic E-state index is 0.0281. The highest BCUT2D eigenvalue weighted by atomic mass is 32.1. The second kappa shape index (κ2) is 4.78. The van der Waals surface area contributed by atoms with Gasteiger partial charge in [0.25, 0.3) is 0 Å². The van der Waals surface area contributed by atoms with E-state index in [4.69, 9.17) is 5.73 Å². The second-order valence-electron chi connectivity index (χ2n) is 6.42.